The third-order valence-corrected chi connectivity index (χ3v) is 4.20. The van der Waals surface area contributed by atoms with Crippen molar-refractivity contribution >= 4 is 0 Å². The second kappa shape index (κ2) is 5.17. The van der Waals surface area contributed by atoms with Crippen molar-refractivity contribution in [3.63, 3.8) is 0 Å². The van der Waals surface area contributed by atoms with Crippen LogP contribution in [0.1, 0.15) is 55.9 Å². The maximum absolute atomic E-state index is 5.91. The molecule has 0 radical (unpaired) electrons. The molecule has 1 N–H and O–H groups in total. The van der Waals surface area contributed by atoms with Crippen LogP contribution in [0.3, 0.4) is 0 Å². The van der Waals surface area contributed by atoms with Gasteiger partial charge in [0.2, 0.25) is 0 Å². The van der Waals surface area contributed by atoms with E-state index in [0.29, 0.717) is 0 Å². The summed E-state index contributed by atoms with van der Waals surface area (Å²) in [6.07, 6.45) is 5.38. The Bertz CT molecular complexity index is 467. The summed E-state index contributed by atoms with van der Waals surface area (Å²) in [5, 5.41) is 3.41. The summed E-state index contributed by atoms with van der Waals surface area (Å²) in [5.41, 5.74) is 3.55. The Labute approximate surface area is 115 Å². The molecule has 3 rings (SSSR count). The molecule has 0 aromatic carbocycles. The fraction of sp³-hybridized carbons (Fsp3) is 0.733. The van der Waals surface area contributed by atoms with Crippen molar-refractivity contribution in [1.82, 2.24) is 15.3 Å². The molecule has 1 fully saturated rings. The summed E-state index contributed by atoms with van der Waals surface area (Å²) < 4.78 is 5.91. The number of nitrogens with zero attached hydrogens (tertiary/aromatic N) is 2. The monoisotopic (exact) mass is 261 g/mol. The molecule has 4 nitrogen and oxygen atoms in total. The van der Waals surface area contributed by atoms with Crippen LogP contribution in [0.2, 0.25) is 0 Å². The normalized spacial score (nSPS) is 26.4. The van der Waals surface area contributed by atoms with Crippen LogP contribution in [-0.2, 0) is 29.7 Å². The van der Waals surface area contributed by atoms with E-state index in [0.717, 1.165) is 57.6 Å². The van der Waals surface area contributed by atoms with Crippen molar-refractivity contribution in [3.8, 4) is 0 Å². The van der Waals surface area contributed by atoms with Crippen molar-refractivity contribution in [2.45, 2.75) is 58.1 Å². The average Bonchev–Trinajstić information content (AvgIpc) is 2.87. The van der Waals surface area contributed by atoms with Gasteiger partial charge in [0.25, 0.3) is 0 Å². The lowest BCUT2D eigenvalue weighted by molar-refractivity contribution is 0.00887. The van der Waals surface area contributed by atoms with Crippen LogP contribution in [0.25, 0.3) is 0 Å². The van der Waals surface area contributed by atoms with Crippen molar-refractivity contribution in [2.75, 3.05) is 13.2 Å². The number of fused-ring (bicyclic) bond motifs is 1. The zero-order valence-electron chi connectivity index (χ0n) is 12.0. The molecule has 1 atom stereocenters. The highest BCUT2D eigenvalue weighted by Gasteiger charge is 2.36. The van der Waals surface area contributed by atoms with Crippen LogP contribution in [0.5, 0.6) is 0 Å². The highest BCUT2D eigenvalue weighted by molar-refractivity contribution is 5.30. The van der Waals surface area contributed by atoms with Crippen LogP contribution >= 0.6 is 0 Å². The lowest BCUT2D eigenvalue weighted by Crippen LogP contribution is -2.31. The molecule has 2 aliphatic heterocycles. The van der Waals surface area contributed by atoms with Gasteiger partial charge in [0.1, 0.15) is 5.60 Å². The third kappa shape index (κ3) is 2.39. The molecule has 0 saturated carbocycles. The first-order valence-corrected chi connectivity index (χ1v) is 7.47. The Morgan fingerprint density at radius 2 is 2.26 bits per heavy atom. The van der Waals surface area contributed by atoms with Gasteiger partial charge in [-0.2, -0.15) is 0 Å². The van der Waals surface area contributed by atoms with Gasteiger partial charge in [-0.1, -0.05) is 13.3 Å². The number of aryl methyl sites for hydroxylation is 1. The van der Waals surface area contributed by atoms with Crippen molar-refractivity contribution < 1.29 is 4.74 Å². The molecule has 4 heteroatoms. The number of nitrogens with one attached hydrogen (secondary N) is 1. The van der Waals surface area contributed by atoms with E-state index in [-0.39, 0.29) is 5.60 Å². The predicted molar refractivity (Wildman–Crippen MR) is 74.0 cm³/mol. The molecule has 19 heavy (non-hydrogen) atoms. The topological polar surface area (TPSA) is 47.0 Å². The summed E-state index contributed by atoms with van der Waals surface area (Å²) >= 11 is 0. The fourth-order valence-corrected chi connectivity index (χ4v) is 3.07. The highest BCUT2D eigenvalue weighted by atomic mass is 16.5. The van der Waals surface area contributed by atoms with Crippen molar-refractivity contribution in [2.24, 2.45) is 0 Å². The van der Waals surface area contributed by atoms with Gasteiger partial charge in [0, 0.05) is 18.8 Å². The number of ether oxygens (including phenoxy) is 1. The molecule has 2 aliphatic rings. The summed E-state index contributed by atoms with van der Waals surface area (Å²) in [7, 11) is 0. The quantitative estimate of drug-likeness (QED) is 0.905. The predicted octanol–water partition coefficient (Wildman–Crippen LogP) is 2.10. The van der Waals surface area contributed by atoms with Crippen LogP contribution in [0.4, 0.5) is 0 Å². The molecular weight excluding hydrogens is 238 g/mol. The van der Waals surface area contributed by atoms with Gasteiger partial charge in [0.15, 0.2) is 5.82 Å². The molecule has 1 aromatic heterocycles. The Kier molecular flexibility index (Phi) is 3.54. The summed E-state index contributed by atoms with van der Waals surface area (Å²) in [4.78, 5) is 9.68. The van der Waals surface area contributed by atoms with E-state index in [1.165, 1.54) is 17.0 Å². The zero-order chi connectivity index (χ0) is 13.3. The van der Waals surface area contributed by atoms with Crippen LogP contribution in [0.15, 0.2) is 0 Å². The Balaban J connectivity index is 2.03. The van der Waals surface area contributed by atoms with Crippen molar-refractivity contribution in [1.29, 1.82) is 0 Å². The van der Waals surface area contributed by atoms with E-state index >= 15 is 0 Å². The third-order valence-electron chi connectivity index (χ3n) is 4.20. The van der Waals surface area contributed by atoms with Crippen molar-refractivity contribution in [3.05, 3.63) is 22.8 Å². The minimum absolute atomic E-state index is 0.269. The largest absolute Gasteiger partial charge is 0.367 e. The van der Waals surface area contributed by atoms with E-state index in [9.17, 15) is 0 Å². The van der Waals surface area contributed by atoms with Gasteiger partial charge in [-0.05, 0) is 44.7 Å². The molecular formula is C15H23N3O. The van der Waals surface area contributed by atoms with Crippen LogP contribution < -0.4 is 5.32 Å². The van der Waals surface area contributed by atoms with E-state index in [1.807, 2.05) is 0 Å². The molecule has 0 amide bonds. The smallest absolute Gasteiger partial charge is 0.160 e. The van der Waals surface area contributed by atoms with Gasteiger partial charge >= 0.3 is 0 Å². The van der Waals surface area contributed by atoms with Gasteiger partial charge in [0.05, 0.1) is 5.69 Å². The minimum Gasteiger partial charge on any atom is -0.367 e. The molecule has 0 aliphatic carbocycles. The Morgan fingerprint density at radius 3 is 3.00 bits per heavy atom. The number of hydrogen-bond donors (Lipinski definition) is 1. The fourth-order valence-electron chi connectivity index (χ4n) is 3.07. The van der Waals surface area contributed by atoms with E-state index < -0.39 is 0 Å². The standard InChI is InChI=1S/C15H23N3O/c1-3-5-12-11-6-8-16-10-13(11)18-14(17-12)15(2)7-4-9-19-15/h16H,3-10H2,1-2H3. The summed E-state index contributed by atoms with van der Waals surface area (Å²) in [5.74, 6) is 0.899. The maximum atomic E-state index is 5.91. The summed E-state index contributed by atoms with van der Waals surface area (Å²) in [6.45, 7) is 7.09. The van der Waals surface area contributed by atoms with Crippen LogP contribution in [0, 0.1) is 0 Å². The molecule has 0 spiro atoms. The molecule has 1 saturated heterocycles. The first-order valence-electron chi connectivity index (χ1n) is 7.47. The molecule has 0 bridgehead atoms. The number of hydrogen-bond acceptors (Lipinski definition) is 4. The lowest BCUT2D eigenvalue weighted by atomic mass is 9.97. The lowest BCUT2D eigenvalue weighted by Gasteiger charge is -2.26. The zero-order valence-corrected chi connectivity index (χ0v) is 12.0. The molecule has 1 unspecified atom stereocenters. The first-order chi connectivity index (χ1) is 9.23. The van der Waals surface area contributed by atoms with Crippen LogP contribution in [-0.4, -0.2) is 23.1 Å². The highest BCUT2D eigenvalue weighted by Crippen LogP contribution is 2.34. The Morgan fingerprint density at radius 1 is 1.37 bits per heavy atom. The summed E-state index contributed by atoms with van der Waals surface area (Å²) in [6, 6.07) is 0. The second-order valence-electron chi connectivity index (χ2n) is 5.78. The van der Waals surface area contributed by atoms with E-state index in [2.05, 4.69) is 19.2 Å². The average molecular weight is 261 g/mol. The Hall–Kier alpha value is -1.00. The second-order valence-corrected chi connectivity index (χ2v) is 5.78. The number of aromatic nitrogens is 2. The first kappa shape index (κ1) is 13.0. The van der Waals surface area contributed by atoms with Gasteiger partial charge < -0.3 is 10.1 Å². The minimum atomic E-state index is -0.269. The van der Waals surface area contributed by atoms with Gasteiger partial charge in [-0.25, -0.2) is 9.97 Å². The van der Waals surface area contributed by atoms with E-state index in [4.69, 9.17) is 14.7 Å². The van der Waals surface area contributed by atoms with Gasteiger partial charge in [-0.3, -0.25) is 0 Å². The molecule has 1 aromatic rings. The van der Waals surface area contributed by atoms with E-state index in [1.54, 1.807) is 0 Å². The molecule has 104 valence electrons. The molecule has 3 heterocycles. The van der Waals surface area contributed by atoms with Gasteiger partial charge in [-0.15, -0.1) is 0 Å². The number of rotatable bonds is 3. The SMILES string of the molecule is CCCc1nc(C2(C)CCCO2)nc2c1CCNC2. The maximum Gasteiger partial charge on any atom is 0.160 e.